The van der Waals surface area contributed by atoms with Crippen molar-refractivity contribution in [3.05, 3.63) is 71.6 Å². The average molecular weight is 367 g/mol. The number of pyridine rings is 2. The van der Waals surface area contributed by atoms with Gasteiger partial charge in [0.25, 0.3) is 5.91 Å². The van der Waals surface area contributed by atoms with Gasteiger partial charge < -0.3 is 15.2 Å². The minimum absolute atomic E-state index is 0.0181. The quantitative estimate of drug-likeness (QED) is 0.722. The molecule has 0 fully saturated rings. The van der Waals surface area contributed by atoms with Crippen LogP contribution >= 0.6 is 0 Å². The first kappa shape index (κ1) is 18.3. The topological polar surface area (TPSA) is 87.3 Å². The fourth-order valence-corrected chi connectivity index (χ4v) is 2.49. The molecule has 0 saturated carbocycles. The van der Waals surface area contributed by atoms with Crippen molar-refractivity contribution in [2.45, 2.75) is 13.5 Å². The maximum atomic E-state index is 14.6. The summed E-state index contributed by atoms with van der Waals surface area (Å²) < 4.78 is 25.4. The molecule has 1 aromatic carbocycles. The second kappa shape index (κ2) is 7.82. The van der Waals surface area contributed by atoms with Crippen molar-refractivity contribution in [1.82, 2.24) is 9.97 Å². The molecule has 0 saturated heterocycles. The predicted molar refractivity (Wildman–Crippen MR) is 98.0 cm³/mol. The Labute approximate surface area is 155 Å². The van der Waals surface area contributed by atoms with Gasteiger partial charge in [0, 0.05) is 34.6 Å². The summed E-state index contributed by atoms with van der Waals surface area (Å²) in [5.41, 5.74) is 7.69. The zero-order valence-electron chi connectivity index (χ0n) is 14.9. The molecule has 2 heterocycles. The third-order valence-electron chi connectivity index (χ3n) is 3.95. The van der Waals surface area contributed by atoms with Crippen LogP contribution in [0.1, 0.15) is 21.7 Å². The zero-order chi connectivity index (χ0) is 19.4. The van der Waals surface area contributed by atoms with E-state index < -0.39 is 11.7 Å². The number of methoxy groups -OCH3 is 1. The Morgan fingerprint density at radius 2 is 1.93 bits per heavy atom. The Bertz CT molecular complexity index is 975. The van der Waals surface area contributed by atoms with Crippen LogP contribution < -0.4 is 15.2 Å². The second-order valence-electron chi connectivity index (χ2n) is 5.87. The Balaban J connectivity index is 1.98. The summed E-state index contributed by atoms with van der Waals surface area (Å²) in [5.74, 6) is -0.518. The van der Waals surface area contributed by atoms with Gasteiger partial charge in [-0.3, -0.25) is 9.78 Å². The smallest absolute Gasteiger partial charge is 0.267 e. The van der Waals surface area contributed by atoms with Crippen molar-refractivity contribution in [3.8, 4) is 22.6 Å². The van der Waals surface area contributed by atoms with E-state index in [1.54, 1.807) is 18.3 Å². The maximum absolute atomic E-state index is 14.6. The molecule has 0 unspecified atom stereocenters. The molecule has 2 aromatic heterocycles. The van der Waals surface area contributed by atoms with E-state index in [0.29, 0.717) is 17.1 Å². The molecule has 0 aliphatic rings. The number of carbonyl (C=O) groups is 1. The molecule has 138 valence electrons. The van der Waals surface area contributed by atoms with E-state index >= 15 is 0 Å². The van der Waals surface area contributed by atoms with Gasteiger partial charge >= 0.3 is 0 Å². The van der Waals surface area contributed by atoms with Crippen LogP contribution in [0.2, 0.25) is 0 Å². The largest absolute Gasteiger partial charge is 0.497 e. The van der Waals surface area contributed by atoms with Gasteiger partial charge in [0.05, 0.1) is 13.3 Å². The third-order valence-corrected chi connectivity index (χ3v) is 3.95. The van der Waals surface area contributed by atoms with Crippen LogP contribution in [0.3, 0.4) is 0 Å². The SMILES string of the molecule is COc1ccc(-c2cc(C(N)=O)ncc2OCc2ccc(C)nc2)c(F)c1. The van der Waals surface area contributed by atoms with Gasteiger partial charge in [0.2, 0.25) is 0 Å². The molecule has 2 N–H and O–H groups in total. The first-order chi connectivity index (χ1) is 13.0. The molecular formula is C20H18FN3O3. The van der Waals surface area contributed by atoms with E-state index in [9.17, 15) is 9.18 Å². The van der Waals surface area contributed by atoms with Crippen molar-refractivity contribution >= 4 is 5.91 Å². The number of halogens is 1. The molecule has 1 amide bonds. The van der Waals surface area contributed by atoms with E-state index in [4.69, 9.17) is 15.2 Å². The summed E-state index contributed by atoms with van der Waals surface area (Å²) in [5, 5.41) is 0. The minimum Gasteiger partial charge on any atom is -0.497 e. The van der Waals surface area contributed by atoms with Gasteiger partial charge in [-0.25, -0.2) is 9.37 Å². The number of nitrogens with two attached hydrogens (primary N) is 1. The number of rotatable bonds is 6. The number of aromatic nitrogens is 2. The van der Waals surface area contributed by atoms with Crippen molar-refractivity contribution in [3.63, 3.8) is 0 Å². The van der Waals surface area contributed by atoms with Crippen LogP contribution in [-0.2, 0) is 6.61 Å². The number of aryl methyl sites for hydroxylation is 1. The number of nitrogens with zero attached hydrogens (tertiary/aromatic N) is 2. The molecule has 0 aliphatic heterocycles. The van der Waals surface area contributed by atoms with Gasteiger partial charge in [-0.05, 0) is 31.2 Å². The minimum atomic E-state index is -0.709. The number of primary amides is 1. The number of carbonyl (C=O) groups excluding carboxylic acids is 1. The molecule has 6 nitrogen and oxygen atoms in total. The van der Waals surface area contributed by atoms with Gasteiger partial charge in [-0.2, -0.15) is 0 Å². The molecule has 0 bridgehead atoms. The first-order valence-corrected chi connectivity index (χ1v) is 8.16. The molecule has 0 atom stereocenters. The van der Waals surface area contributed by atoms with Crippen molar-refractivity contribution in [1.29, 1.82) is 0 Å². The standard InChI is InChI=1S/C20H18FN3O3/c1-12-3-4-13(9-23-12)11-27-19-10-24-18(20(22)25)8-16(19)15-6-5-14(26-2)7-17(15)21/h3-10H,11H2,1-2H3,(H2,22,25). The Hall–Kier alpha value is -3.48. The highest BCUT2D eigenvalue weighted by Gasteiger charge is 2.16. The van der Waals surface area contributed by atoms with E-state index in [-0.39, 0.29) is 17.9 Å². The lowest BCUT2D eigenvalue weighted by Crippen LogP contribution is -2.13. The summed E-state index contributed by atoms with van der Waals surface area (Å²) in [6.45, 7) is 2.11. The van der Waals surface area contributed by atoms with Gasteiger partial charge in [-0.1, -0.05) is 6.07 Å². The number of amides is 1. The van der Waals surface area contributed by atoms with Crippen LogP contribution in [-0.4, -0.2) is 23.0 Å². The van der Waals surface area contributed by atoms with E-state index in [0.717, 1.165) is 11.3 Å². The average Bonchev–Trinajstić information content (AvgIpc) is 2.67. The van der Waals surface area contributed by atoms with Gasteiger partial charge in [0.1, 0.15) is 29.6 Å². The third kappa shape index (κ3) is 4.20. The number of benzene rings is 1. The lowest BCUT2D eigenvalue weighted by molar-refractivity contribution is 0.0995. The summed E-state index contributed by atoms with van der Waals surface area (Å²) in [6.07, 6.45) is 3.06. The normalized spacial score (nSPS) is 10.5. The van der Waals surface area contributed by atoms with Crippen LogP contribution in [0.15, 0.2) is 48.8 Å². The van der Waals surface area contributed by atoms with Crippen molar-refractivity contribution in [2.24, 2.45) is 5.73 Å². The Morgan fingerprint density at radius 1 is 1.11 bits per heavy atom. The zero-order valence-corrected chi connectivity index (χ0v) is 14.9. The summed E-state index contributed by atoms with van der Waals surface area (Å²) in [4.78, 5) is 19.7. The Morgan fingerprint density at radius 3 is 2.56 bits per heavy atom. The van der Waals surface area contributed by atoms with Crippen LogP contribution in [0.25, 0.3) is 11.1 Å². The molecule has 7 heteroatoms. The number of hydrogen-bond acceptors (Lipinski definition) is 5. The number of hydrogen-bond donors (Lipinski definition) is 1. The fraction of sp³-hybridized carbons (Fsp3) is 0.150. The van der Waals surface area contributed by atoms with E-state index in [1.807, 2.05) is 19.1 Å². The highest BCUT2D eigenvalue weighted by Crippen LogP contribution is 2.34. The van der Waals surface area contributed by atoms with Crippen LogP contribution in [0.4, 0.5) is 4.39 Å². The summed E-state index contributed by atoms with van der Waals surface area (Å²) in [7, 11) is 1.45. The van der Waals surface area contributed by atoms with E-state index in [1.165, 1.54) is 25.4 Å². The monoisotopic (exact) mass is 367 g/mol. The second-order valence-corrected chi connectivity index (χ2v) is 5.87. The highest BCUT2D eigenvalue weighted by atomic mass is 19.1. The van der Waals surface area contributed by atoms with Crippen molar-refractivity contribution < 1.29 is 18.7 Å². The van der Waals surface area contributed by atoms with E-state index in [2.05, 4.69) is 9.97 Å². The fourth-order valence-electron chi connectivity index (χ4n) is 2.49. The summed E-state index contributed by atoms with van der Waals surface area (Å²) >= 11 is 0. The number of ether oxygens (including phenoxy) is 2. The first-order valence-electron chi connectivity index (χ1n) is 8.16. The molecule has 27 heavy (non-hydrogen) atoms. The molecular weight excluding hydrogens is 349 g/mol. The molecule has 0 spiro atoms. The molecule has 0 radical (unpaired) electrons. The molecule has 3 rings (SSSR count). The maximum Gasteiger partial charge on any atom is 0.267 e. The highest BCUT2D eigenvalue weighted by molar-refractivity contribution is 5.92. The Kier molecular flexibility index (Phi) is 5.30. The van der Waals surface area contributed by atoms with Gasteiger partial charge in [0.15, 0.2) is 0 Å². The summed E-state index contributed by atoms with van der Waals surface area (Å²) in [6, 6.07) is 9.60. The molecule has 3 aromatic rings. The van der Waals surface area contributed by atoms with Crippen LogP contribution in [0.5, 0.6) is 11.5 Å². The lowest BCUT2D eigenvalue weighted by atomic mass is 10.0. The van der Waals surface area contributed by atoms with Crippen molar-refractivity contribution in [2.75, 3.05) is 7.11 Å². The predicted octanol–water partition coefficient (Wildman–Crippen LogP) is 3.28. The molecule has 0 aliphatic carbocycles. The van der Waals surface area contributed by atoms with Crippen LogP contribution in [0, 0.1) is 12.7 Å². The van der Waals surface area contributed by atoms with Gasteiger partial charge in [-0.15, -0.1) is 0 Å². The lowest BCUT2D eigenvalue weighted by Gasteiger charge is -2.13.